The number of aryl methyl sites for hydroxylation is 3. The molecule has 0 spiro atoms. The first-order chi connectivity index (χ1) is 13.6. The second-order valence-corrected chi connectivity index (χ2v) is 7.23. The minimum atomic E-state index is 0.608. The molecule has 0 radical (unpaired) electrons. The lowest BCUT2D eigenvalue weighted by molar-refractivity contribution is 0.0398. The lowest BCUT2D eigenvalue weighted by atomic mass is 10.1. The number of benzene rings is 1. The number of fused-ring (bicyclic) bond motifs is 1. The second-order valence-electron chi connectivity index (χ2n) is 7.23. The Kier molecular flexibility index (Phi) is 5.40. The molecule has 1 aliphatic heterocycles. The first-order valence-corrected chi connectivity index (χ1v) is 9.68. The molecule has 8 heteroatoms. The van der Waals surface area contributed by atoms with Gasteiger partial charge >= 0.3 is 0 Å². The van der Waals surface area contributed by atoms with Crippen LogP contribution in [-0.2, 0) is 11.8 Å². The maximum Gasteiger partial charge on any atom is 0.226 e. The Labute approximate surface area is 164 Å². The van der Waals surface area contributed by atoms with Crippen molar-refractivity contribution in [2.45, 2.75) is 13.8 Å². The molecule has 3 heterocycles. The molecule has 0 aliphatic carbocycles. The Morgan fingerprint density at radius 2 is 1.96 bits per heavy atom. The second kappa shape index (κ2) is 8.12. The first-order valence-electron chi connectivity index (χ1n) is 9.68. The fraction of sp³-hybridized carbons (Fsp3) is 0.450. The van der Waals surface area contributed by atoms with Crippen LogP contribution >= 0.6 is 0 Å². The van der Waals surface area contributed by atoms with Crippen LogP contribution in [0.15, 0.2) is 24.4 Å². The van der Waals surface area contributed by atoms with Gasteiger partial charge in [-0.3, -0.25) is 9.58 Å². The Morgan fingerprint density at radius 3 is 2.75 bits per heavy atom. The van der Waals surface area contributed by atoms with Gasteiger partial charge in [-0.25, -0.2) is 0 Å². The fourth-order valence-corrected chi connectivity index (χ4v) is 3.43. The number of rotatable bonds is 6. The van der Waals surface area contributed by atoms with Gasteiger partial charge in [-0.2, -0.15) is 15.1 Å². The highest BCUT2D eigenvalue weighted by Crippen LogP contribution is 2.26. The molecule has 3 aromatic rings. The largest absolute Gasteiger partial charge is 0.379 e. The normalized spacial score (nSPS) is 15.1. The van der Waals surface area contributed by atoms with Crippen molar-refractivity contribution >= 4 is 28.5 Å². The molecule has 0 atom stereocenters. The van der Waals surface area contributed by atoms with Crippen molar-refractivity contribution in [1.82, 2.24) is 24.6 Å². The van der Waals surface area contributed by atoms with Gasteiger partial charge in [-0.1, -0.05) is 17.7 Å². The van der Waals surface area contributed by atoms with Crippen LogP contribution in [0.5, 0.6) is 0 Å². The van der Waals surface area contributed by atoms with Crippen LogP contribution in [0.3, 0.4) is 0 Å². The number of nitrogens with one attached hydrogen (secondary N) is 2. The monoisotopic (exact) mass is 381 g/mol. The maximum absolute atomic E-state index is 5.40. The van der Waals surface area contributed by atoms with Crippen LogP contribution in [0.4, 0.5) is 17.5 Å². The van der Waals surface area contributed by atoms with Crippen molar-refractivity contribution in [2.24, 2.45) is 7.05 Å². The summed E-state index contributed by atoms with van der Waals surface area (Å²) in [5.74, 6) is 1.37. The van der Waals surface area contributed by atoms with E-state index in [4.69, 9.17) is 9.72 Å². The van der Waals surface area contributed by atoms with Crippen LogP contribution in [0, 0.1) is 13.8 Å². The van der Waals surface area contributed by atoms with E-state index in [-0.39, 0.29) is 0 Å². The van der Waals surface area contributed by atoms with E-state index in [1.54, 1.807) is 10.9 Å². The van der Waals surface area contributed by atoms with Gasteiger partial charge in [0.2, 0.25) is 5.95 Å². The van der Waals surface area contributed by atoms with E-state index in [2.05, 4.69) is 57.7 Å². The standard InChI is InChI=1S/C20H27N7O/c1-14-4-5-17(15(2)12-14)23-18-16-13-22-26(3)19(16)25-20(24-18)21-6-7-27-8-10-28-11-9-27/h4-5,12-13H,6-11H2,1-3H3,(H2,21,23,24,25). The van der Waals surface area contributed by atoms with Crippen LogP contribution in [-0.4, -0.2) is 64.0 Å². The molecular formula is C20H27N7O. The molecule has 1 fully saturated rings. The van der Waals surface area contributed by atoms with Crippen molar-refractivity contribution in [3.63, 3.8) is 0 Å². The van der Waals surface area contributed by atoms with Crippen molar-refractivity contribution < 1.29 is 4.74 Å². The molecule has 148 valence electrons. The third kappa shape index (κ3) is 4.07. The minimum absolute atomic E-state index is 0.608. The summed E-state index contributed by atoms with van der Waals surface area (Å²) < 4.78 is 7.18. The third-order valence-corrected chi connectivity index (χ3v) is 5.04. The average molecular weight is 381 g/mol. The van der Waals surface area contributed by atoms with E-state index in [1.807, 2.05) is 7.05 Å². The quantitative estimate of drug-likeness (QED) is 0.679. The zero-order chi connectivity index (χ0) is 19.5. The Morgan fingerprint density at radius 1 is 1.14 bits per heavy atom. The van der Waals surface area contributed by atoms with E-state index >= 15 is 0 Å². The number of nitrogens with zero attached hydrogens (tertiary/aromatic N) is 5. The van der Waals surface area contributed by atoms with E-state index < -0.39 is 0 Å². The molecule has 1 aliphatic rings. The van der Waals surface area contributed by atoms with Gasteiger partial charge < -0.3 is 15.4 Å². The predicted octanol–water partition coefficient (Wildman–Crippen LogP) is 2.47. The SMILES string of the molecule is Cc1ccc(Nc2nc(NCCN3CCOCC3)nc3c2cnn3C)c(C)c1. The molecule has 8 nitrogen and oxygen atoms in total. The van der Waals surface area contributed by atoms with E-state index in [0.29, 0.717) is 5.95 Å². The van der Waals surface area contributed by atoms with Gasteiger partial charge in [0.15, 0.2) is 5.65 Å². The molecule has 0 saturated carbocycles. The van der Waals surface area contributed by atoms with Crippen LogP contribution in [0.1, 0.15) is 11.1 Å². The summed E-state index contributed by atoms with van der Waals surface area (Å²) in [4.78, 5) is 11.8. The summed E-state index contributed by atoms with van der Waals surface area (Å²) in [6.07, 6.45) is 1.80. The van der Waals surface area contributed by atoms with Crippen molar-refractivity contribution in [3.8, 4) is 0 Å². The number of hydrogen-bond acceptors (Lipinski definition) is 7. The molecule has 0 unspecified atom stereocenters. The van der Waals surface area contributed by atoms with Crippen molar-refractivity contribution in [2.75, 3.05) is 50.0 Å². The highest BCUT2D eigenvalue weighted by molar-refractivity contribution is 5.89. The van der Waals surface area contributed by atoms with Gasteiger partial charge in [0.25, 0.3) is 0 Å². The molecular weight excluding hydrogens is 354 g/mol. The fourth-order valence-electron chi connectivity index (χ4n) is 3.43. The lowest BCUT2D eigenvalue weighted by Crippen LogP contribution is -2.39. The third-order valence-electron chi connectivity index (χ3n) is 5.04. The summed E-state index contributed by atoms with van der Waals surface area (Å²) in [6.45, 7) is 9.48. The molecule has 2 aromatic heterocycles. The van der Waals surface area contributed by atoms with Gasteiger partial charge in [-0.15, -0.1) is 0 Å². The zero-order valence-electron chi connectivity index (χ0n) is 16.7. The number of morpholine rings is 1. The highest BCUT2D eigenvalue weighted by atomic mass is 16.5. The average Bonchev–Trinajstić information content (AvgIpc) is 3.06. The summed E-state index contributed by atoms with van der Waals surface area (Å²) in [5.41, 5.74) is 4.25. The molecule has 1 saturated heterocycles. The van der Waals surface area contributed by atoms with E-state index in [9.17, 15) is 0 Å². The van der Waals surface area contributed by atoms with Gasteiger partial charge in [0, 0.05) is 38.9 Å². The summed E-state index contributed by atoms with van der Waals surface area (Å²) in [5, 5.41) is 12.1. The molecule has 1 aromatic carbocycles. The molecule has 28 heavy (non-hydrogen) atoms. The Bertz CT molecular complexity index is 963. The number of aromatic nitrogens is 4. The predicted molar refractivity (Wildman–Crippen MR) is 111 cm³/mol. The summed E-state index contributed by atoms with van der Waals surface area (Å²) in [6, 6.07) is 6.34. The lowest BCUT2D eigenvalue weighted by Gasteiger charge is -2.26. The highest BCUT2D eigenvalue weighted by Gasteiger charge is 2.14. The smallest absolute Gasteiger partial charge is 0.226 e. The number of ether oxygens (including phenoxy) is 1. The molecule has 0 amide bonds. The van der Waals surface area contributed by atoms with Crippen molar-refractivity contribution in [1.29, 1.82) is 0 Å². The Balaban J connectivity index is 1.55. The Hall–Kier alpha value is -2.71. The summed E-state index contributed by atoms with van der Waals surface area (Å²) >= 11 is 0. The molecule has 0 bridgehead atoms. The molecule has 4 rings (SSSR count). The summed E-state index contributed by atoms with van der Waals surface area (Å²) in [7, 11) is 1.90. The van der Waals surface area contributed by atoms with Crippen LogP contribution in [0.25, 0.3) is 11.0 Å². The zero-order valence-corrected chi connectivity index (χ0v) is 16.7. The van der Waals surface area contributed by atoms with Gasteiger partial charge in [0.05, 0.1) is 24.8 Å². The first kappa shape index (κ1) is 18.6. The van der Waals surface area contributed by atoms with Crippen molar-refractivity contribution in [3.05, 3.63) is 35.5 Å². The van der Waals surface area contributed by atoms with Crippen LogP contribution < -0.4 is 10.6 Å². The van der Waals surface area contributed by atoms with Gasteiger partial charge in [-0.05, 0) is 25.5 Å². The minimum Gasteiger partial charge on any atom is -0.379 e. The van der Waals surface area contributed by atoms with E-state index in [1.165, 1.54) is 11.1 Å². The topological polar surface area (TPSA) is 80.1 Å². The number of hydrogen-bond donors (Lipinski definition) is 2. The number of anilines is 3. The van der Waals surface area contributed by atoms with Crippen LogP contribution in [0.2, 0.25) is 0 Å². The van der Waals surface area contributed by atoms with Gasteiger partial charge in [0.1, 0.15) is 5.82 Å². The maximum atomic E-state index is 5.40. The van der Waals surface area contributed by atoms with E-state index in [0.717, 1.165) is 61.9 Å². The molecule has 2 N–H and O–H groups in total.